The second-order valence-corrected chi connectivity index (χ2v) is 6.87. The first-order chi connectivity index (χ1) is 13.4. The van der Waals surface area contributed by atoms with E-state index in [2.05, 4.69) is 5.32 Å². The maximum absolute atomic E-state index is 13.8. The van der Waals surface area contributed by atoms with Crippen LogP contribution in [0.4, 0.5) is 24.5 Å². The first kappa shape index (κ1) is 18.8. The van der Waals surface area contributed by atoms with Gasteiger partial charge in [-0.3, -0.25) is 4.79 Å². The summed E-state index contributed by atoms with van der Waals surface area (Å²) in [5.74, 6) is -0.592. The highest BCUT2D eigenvalue weighted by Crippen LogP contribution is 2.38. The molecule has 0 spiro atoms. The average Bonchev–Trinajstić information content (AvgIpc) is 3.57. The lowest BCUT2D eigenvalue weighted by atomic mass is 10.1. The van der Waals surface area contributed by atoms with E-state index in [1.54, 1.807) is 35.2 Å². The van der Waals surface area contributed by atoms with Crippen molar-refractivity contribution in [3.05, 3.63) is 59.7 Å². The fourth-order valence-corrected chi connectivity index (χ4v) is 3.01. The van der Waals surface area contributed by atoms with Gasteiger partial charge in [-0.05, 0) is 30.3 Å². The number of epoxide rings is 2. The van der Waals surface area contributed by atoms with Crippen LogP contribution in [0, 0.1) is 0 Å². The van der Waals surface area contributed by atoms with E-state index in [1.165, 1.54) is 12.1 Å². The van der Waals surface area contributed by atoms with Crippen molar-refractivity contribution < 1.29 is 27.4 Å². The molecule has 0 aliphatic carbocycles. The Morgan fingerprint density at radius 3 is 2.18 bits per heavy atom. The van der Waals surface area contributed by atoms with Gasteiger partial charge in [0.2, 0.25) is 0 Å². The van der Waals surface area contributed by atoms with E-state index in [-0.39, 0.29) is 23.5 Å². The minimum Gasteiger partial charge on any atom is -0.371 e. The number of nitrogens with one attached hydrogen (secondary N) is 1. The molecule has 2 fully saturated rings. The number of amides is 1. The van der Waals surface area contributed by atoms with Gasteiger partial charge < -0.3 is 19.7 Å². The normalized spacial score (nSPS) is 20.5. The summed E-state index contributed by atoms with van der Waals surface area (Å²) in [6.07, 6.45) is -4.73. The molecule has 2 aromatic rings. The predicted octanol–water partition coefficient (Wildman–Crippen LogP) is 3.56. The first-order valence-electron chi connectivity index (χ1n) is 8.96. The third-order valence-electron chi connectivity index (χ3n) is 4.59. The number of alkyl halides is 3. The highest BCUT2D eigenvalue weighted by atomic mass is 19.4. The fourth-order valence-electron chi connectivity index (χ4n) is 3.01. The fraction of sp³-hybridized carbons (Fsp3) is 0.350. The average molecular weight is 392 g/mol. The minimum absolute atomic E-state index is 0.0368. The van der Waals surface area contributed by atoms with Crippen LogP contribution in [0.3, 0.4) is 0 Å². The Morgan fingerprint density at radius 2 is 1.64 bits per heavy atom. The number of benzene rings is 2. The van der Waals surface area contributed by atoms with Crippen molar-refractivity contribution in [2.24, 2.45) is 0 Å². The van der Waals surface area contributed by atoms with E-state index in [9.17, 15) is 18.0 Å². The van der Waals surface area contributed by atoms with Crippen molar-refractivity contribution in [3.63, 3.8) is 0 Å². The monoisotopic (exact) mass is 392 g/mol. The van der Waals surface area contributed by atoms with E-state index in [4.69, 9.17) is 9.47 Å². The Balaban J connectivity index is 1.62. The first-order valence-corrected chi connectivity index (χ1v) is 8.96. The number of hydrogen-bond acceptors (Lipinski definition) is 4. The summed E-state index contributed by atoms with van der Waals surface area (Å²) in [5.41, 5.74) is -0.335. The van der Waals surface area contributed by atoms with Crippen molar-refractivity contribution in [2.75, 3.05) is 36.5 Å². The molecule has 0 aromatic heterocycles. The molecular formula is C20H19F3N2O3. The number of hydrogen-bond donors (Lipinski definition) is 1. The molecule has 0 radical (unpaired) electrons. The van der Waals surface area contributed by atoms with Gasteiger partial charge >= 0.3 is 6.18 Å². The molecule has 2 aliphatic rings. The maximum atomic E-state index is 13.8. The van der Waals surface area contributed by atoms with Crippen LogP contribution in [0.2, 0.25) is 0 Å². The van der Waals surface area contributed by atoms with Crippen LogP contribution in [0.15, 0.2) is 48.5 Å². The van der Waals surface area contributed by atoms with Crippen LogP contribution in [0.5, 0.6) is 0 Å². The zero-order chi connectivity index (χ0) is 19.7. The second kappa shape index (κ2) is 7.44. The van der Waals surface area contributed by atoms with Gasteiger partial charge in [-0.2, -0.15) is 13.2 Å². The SMILES string of the molecule is O=C(Nc1ccccc1)c1ccc(N(CC2CO2)CC2CO2)c(C(F)(F)F)c1. The number of halogens is 3. The standard InChI is InChI=1S/C20H19F3N2O3/c21-20(22,23)17-8-13(19(26)24-14-4-2-1-3-5-14)6-7-18(17)25(9-15-11-27-15)10-16-12-28-16/h1-8,15-16H,9-12H2,(H,24,26). The molecule has 28 heavy (non-hydrogen) atoms. The molecule has 2 heterocycles. The molecule has 8 heteroatoms. The Labute approximate surface area is 160 Å². The van der Waals surface area contributed by atoms with E-state index >= 15 is 0 Å². The summed E-state index contributed by atoms with van der Waals surface area (Å²) in [7, 11) is 0. The molecular weight excluding hydrogens is 373 g/mol. The van der Waals surface area contributed by atoms with Crippen molar-refractivity contribution in [1.82, 2.24) is 0 Å². The number of carbonyl (C=O) groups excluding carboxylic acids is 1. The van der Waals surface area contributed by atoms with Crippen LogP contribution in [0.25, 0.3) is 0 Å². The summed E-state index contributed by atoms with van der Waals surface area (Å²) < 4.78 is 51.7. The van der Waals surface area contributed by atoms with E-state index in [0.717, 1.165) is 6.07 Å². The van der Waals surface area contributed by atoms with Crippen LogP contribution >= 0.6 is 0 Å². The number of anilines is 2. The minimum atomic E-state index is -4.59. The lowest BCUT2D eigenvalue weighted by Crippen LogP contribution is -2.33. The summed E-state index contributed by atoms with van der Waals surface area (Å²) in [6.45, 7) is 1.80. The predicted molar refractivity (Wildman–Crippen MR) is 97.5 cm³/mol. The second-order valence-electron chi connectivity index (χ2n) is 6.87. The molecule has 1 amide bonds. The van der Waals surface area contributed by atoms with Gasteiger partial charge in [-0.15, -0.1) is 0 Å². The number of nitrogens with zero attached hydrogens (tertiary/aromatic N) is 1. The molecule has 1 N–H and O–H groups in total. The van der Waals surface area contributed by atoms with Gasteiger partial charge in [-0.25, -0.2) is 0 Å². The van der Waals surface area contributed by atoms with Crippen molar-refractivity contribution in [2.45, 2.75) is 18.4 Å². The molecule has 4 rings (SSSR count). The van der Waals surface area contributed by atoms with Crippen LogP contribution < -0.4 is 10.2 Å². The smallest absolute Gasteiger partial charge is 0.371 e. The molecule has 5 nitrogen and oxygen atoms in total. The third-order valence-corrected chi connectivity index (χ3v) is 4.59. The zero-order valence-electron chi connectivity index (χ0n) is 14.9. The van der Waals surface area contributed by atoms with Gasteiger partial charge in [0.05, 0.1) is 31.0 Å². The van der Waals surface area contributed by atoms with Gasteiger partial charge in [-0.1, -0.05) is 18.2 Å². The van der Waals surface area contributed by atoms with Gasteiger partial charge in [0.25, 0.3) is 5.91 Å². The summed E-state index contributed by atoms with van der Waals surface area (Å²) in [4.78, 5) is 14.1. The van der Waals surface area contributed by atoms with Crippen LogP contribution in [0.1, 0.15) is 15.9 Å². The maximum Gasteiger partial charge on any atom is 0.418 e. The Kier molecular flexibility index (Phi) is 4.99. The van der Waals surface area contributed by atoms with Gasteiger partial charge in [0, 0.05) is 30.0 Å². The highest BCUT2D eigenvalue weighted by molar-refractivity contribution is 6.04. The van der Waals surface area contributed by atoms with Crippen molar-refractivity contribution in [1.29, 1.82) is 0 Å². The molecule has 2 saturated heterocycles. The summed E-state index contributed by atoms with van der Waals surface area (Å²) >= 11 is 0. The van der Waals surface area contributed by atoms with Crippen molar-refractivity contribution >= 4 is 17.3 Å². The molecule has 2 atom stereocenters. The van der Waals surface area contributed by atoms with Gasteiger partial charge in [0.15, 0.2) is 0 Å². The molecule has 0 saturated carbocycles. The van der Waals surface area contributed by atoms with E-state index in [0.29, 0.717) is 32.0 Å². The van der Waals surface area contributed by atoms with Gasteiger partial charge in [0.1, 0.15) is 0 Å². The quantitative estimate of drug-likeness (QED) is 0.732. The number of para-hydroxylation sites is 1. The molecule has 2 aromatic carbocycles. The number of carbonyl (C=O) groups is 1. The number of ether oxygens (including phenoxy) is 2. The highest BCUT2D eigenvalue weighted by Gasteiger charge is 2.38. The van der Waals surface area contributed by atoms with E-state index in [1.807, 2.05) is 0 Å². The summed E-state index contributed by atoms with van der Waals surface area (Å²) in [5, 5.41) is 2.61. The van der Waals surface area contributed by atoms with Crippen LogP contribution in [-0.2, 0) is 15.7 Å². The lowest BCUT2D eigenvalue weighted by Gasteiger charge is -2.27. The molecule has 2 unspecified atom stereocenters. The Hall–Kier alpha value is -2.58. The zero-order valence-corrected chi connectivity index (χ0v) is 14.9. The Bertz CT molecular complexity index is 836. The molecule has 148 valence electrons. The Morgan fingerprint density at radius 1 is 1.04 bits per heavy atom. The molecule has 2 aliphatic heterocycles. The largest absolute Gasteiger partial charge is 0.418 e. The third kappa shape index (κ3) is 4.63. The van der Waals surface area contributed by atoms with E-state index < -0.39 is 17.6 Å². The summed E-state index contributed by atoms with van der Waals surface area (Å²) in [6, 6.07) is 12.3. The topological polar surface area (TPSA) is 57.4 Å². The molecule has 0 bridgehead atoms. The number of rotatable bonds is 7. The van der Waals surface area contributed by atoms with Crippen LogP contribution in [-0.4, -0.2) is 44.4 Å². The van der Waals surface area contributed by atoms with Crippen molar-refractivity contribution in [3.8, 4) is 0 Å². The lowest BCUT2D eigenvalue weighted by molar-refractivity contribution is -0.137.